The van der Waals surface area contributed by atoms with Crippen LogP contribution in [0.1, 0.15) is 0 Å². The monoisotopic (exact) mass is 408 g/mol. The van der Waals surface area contributed by atoms with Crippen LogP contribution in [-0.4, -0.2) is 40.2 Å². The van der Waals surface area contributed by atoms with Crippen molar-refractivity contribution in [3.63, 3.8) is 0 Å². The molecule has 0 saturated heterocycles. The first-order chi connectivity index (χ1) is 14.6. The highest BCUT2D eigenvalue weighted by Gasteiger charge is 2.17. The molecule has 1 aliphatic heterocycles. The second-order valence-electron chi connectivity index (χ2n) is 6.63. The molecular formula is C20H16N4O6. The second kappa shape index (κ2) is 7.16. The summed E-state index contributed by atoms with van der Waals surface area (Å²) in [6.45, 7) is 0.612. The third-order valence-corrected chi connectivity index (χ3v) is 4.80. The number of benzene rings is 2. The molecule has 0 unspecified atom stereocenters. The Morgan fingerprint density at radius 1 is 1.10 bits per heavy atom. The Balaban J connectivity index is 1.51. The maximum Gasteiger partial charge on any atom is 0.328 e. The van der Waals surface area contributed by atoms with Crippen LogP contribution < -0.4 is 20.7 Å². The van der Waals surface area contributed by atoms with Gasteiger partial charge in [0.25, 0.3) is 11.4 Å². The second-order valence-corrected chi connectivity index (χ2v) is 6.63. The first-order valence-electron chi connectivity index (χ1n) is 9.14. The number of aromatic nitrogens is 4. The zero-order valence-corrected chi connectivity index (χ0v) is 15.9. The van der Waals surface area contributed by atoms with Crippen molar-refractivity contribution < 1.29 is 18.7 Å². The van der Waals surface area contributed by atoms with Gasteiger partial charge in [-0.1, -0.05) is 5.16 Å². The predicted octanol–water partition coefficient (Wildman–Crippen LogP) is 1.78. The van der Waals surface area contributed by atoms with E-state index in [9.17, 15) is 9.59 Å². The van der Waals surface area contributed by atoms with Gasteiger partial charge in [0.05, 0.1) is 24.1 Å². The SMILES string of the molecule is COCCn1c(=O)[nH]c2cc(-c3nc(-c4ccc5c(c4)OCO5)no3)ccc2c1=O. The smallest absolute Gasteiger partial charge is 0.328 e. The number of H-pyrrole nitrogens is 1. The third kappa shape index (κ3) is 3.03. The van der Waals surface area contributed by atoms with E-state index in [1.165, 1.54) is 7.11 Å². The minimum absolute atomic E-state index is 0.172. The van der Waals surface area contributed by atoms with Gasteiger partial charge < -0.3 is 23.7 Å². The van der Waals surface area contributed by atoms with Crippen LogP contribution in [0, 0.1) is 0 Å². The normalized spacial score (nSPS) is 12.6. The average molecular weight is 408 g/mol. The fraction of sp³-hybridized carbons (Fsp3) is 0.200. The number of rotatable bonds is 5. The number of hydrogen-bond acceptors (Lipinski definition) is 8. The van der Waals surface area contributed by atoms with E-state index in [-0.39, 0.29) is 31.4 Å². The molecule has 0 spiro atoms. The summed E-state index contributed by atoms with van der Waals surface area (Å²) in [7, 11) is 1.51. The molecule has 2 aromatic heterocycles. The summed E-state index contributed by atoms with van der Waals surface area (Å²) in [5.74, 6) is 1.92. The first kappa shape index (κ1) is 18.1. The molecule has 0 bridgehead atoms. The minimum atomic E-state index is -0.506. The number of nitrogens with one attached hydrogen (secondary N) is 1. The number of nitrogens with zero attached hydrogens (tertiary/aromatic N) is 3. The molecule has 4 aromatic rings. The molecule has 0 saturated carbocycles. The summed E-state index contributed by atoms with van der Waals surface area (Å²) in [6.07, 6.45) is 0. The van der Waals surface area contributed by atoms with E-state index >= 15 is 0 Å². The molecule has 5 rings (SSSR count). The summed E-state index contributed by atoms with van der Waals surface area (Å²) in [5, 5.41) is 4.40. The van der Waals surface area contributed by atoms with Crippen molar-refractivity contribution in [3.05, 3.63) is 57.2 Å². The molecule has 0 atom stereocenters. The molecule has 2 aromatic carbocycles. The molecule has 0 aliphatic carbocycles. The van der Waals surface area contributed by atoms with E-state index in [2.05, 4.69) is 15.1 Å². The Morgan fingerprint density at radius 2 is 1.93 bits per heavy atom. The molecule has 10 heteroatoms. The Kier molecular flexibility index (Phi) is 4.32. The van der Waals surface area contributed by atoms with Gasteiger partial charge >= 0.3 is 5.69 Å². The highest BCUT2D eigenvalue weighted by molar-refractivity contribution is 5.82. The van der Waals surface area contributed by atoms with Gasteiger partial charge in [0.2, 0.25) is 12.6 Å². The highest BCUT2D eigenvalue weighted by atomic mass is 16.7. The Hall–Kier alpha value is -3.92. The summed E-state index contributed by atoms with van der Waals surface area (Å²) in [4.78, 5) is 32.0. The molecule has 0 amide bonds. The van der Waals surface area contributed by atoms with Crippen molar-refractivity contribution in [2.75, 3.05) is 20.5 Å². The highest BCUT2D eigenvalue weighted by Crippen LogP contribution is 2.35. The molecule has 3 heterocycles. The Bertz CT molecular complexity index is 1370. The standard InChI is InChI=1S/C20H16N4O6/c1-27-7-6-24-19(25)13-4-2-12(8-14(13)21-20(24)26)18-22-17(23-30-18)11-3-5-15-16(9-11)29-10-28-15/h2-5,8-9H,6-7,10H2,1H3,(H,21,26). The van der Waals surface area contributed by atoms with Gasteiger partial charge in [0.1, 0.15) is 0 Å². The van der Waals surface area contributed by atoms with Crippen LogP contribution in [0.15, 0.2) is 50.5 Å². The molecule has 30 heavy (non-hydrogen) atoms. The Labute approximate surface area is 168 Å². The number of fused-ring (bicyclic) bond motifs is 2. The van der Waals surface area contributed by atoms with E-state index in [0.717, 1.165) is 4.57 Å². The lowest BCUT2D eigenvalue weighted by molar-refractivity contribution is 0.174. The van der Waals surface area contributed by atoms with Crippen LogP contribution in [0.5, 0.6) is 11.5 Å². The maximum absolute atomic E-state index is 12.6. The van der Waals surface area contributed by atoms with Gasteiger partial charge in [-0.2, -0.15) is 4.98 Å². The molecule has 1 N–H and O–H groups in total. The van der Waals surface area contributed by atoms with Crippen LogP contribution in [0.4, 0.5) is 0 Å². The van der Waals surface area contributed by atoms with E-state index in [1.54, 1.807) is 30.3 Å². The van der Waals surface area contributed by atoms with E-state index in [4.69, 9.17) is 18.7 Å². The summed E-state index contributed by atoms with van der Waals surface area (Å²) < 4.78 is 22.1. The Morgan fingerprint density at radius 3 is 2.80 bits per heavy atom. The van der Waals surface area contributed by atoms with Crippen molar-refractivity contribution in [3.8, 4) is 34.3 Å². The molecule has 10 nitrogen and oxygen atoms in total. The zero-order chi connectivity index (χ0) is 20.7. The van der Waals surface area contributed by atoms with Gasteiger partial charge in [-0.3, -0.25) is 9.36 Å². The third-order valence-electron chi connectivity index (χ3n) is 4.80. The lowest BCUT2D eigenvalue weighted by Crippen LogP contribution is -2.36. The van der Waals surface area contributed by atoms with Crippen molar-refractivity contribution >= 4 is 10.9 Å². The van der Waals surface area contributed by atoms with Gasteiger partial charge in [-0.05, 0) is 36.4 Å². The average Bonchev–Trinajstić information content (AvgIpc) is 3.42. The van der Waals surface area contributed by atoms with E-state index in [0.29, 0.717) is 39.4 Å². The predicted molar refractivity (Wildman–Crippen MR) is 106 cm³/mol. The first-order valence-corrected chi connectivity index (χ1v) is 9.14. The van der Waals surface area contributed by atoms with Crippen molar-refractivity contribution in [1.29, 1.82) is 0 Å². The van der Waals surface area contributed by atoms with Gasteiger partial charge in [-0.15, -0.1) is 0 Å². The van der Waals surface area contributed by atoms with E-state index < -0.39 is 5.69 Å². The van der Waals surface area contributed by atoms with Crippen LogP contribution in [0.2, 0.25) is 0 Å². The number of ether oxygens (including phenoxy) is 3. The topological polar surface area (TPSA) is 121 Å². The van der Waals surface area contributed by atoms with Crippen LogP contribution in [0.25, 0.3) is 33.7 Å². The maximum atomic E-state index is 12.6. The van der Waals surface area contributed by atoms with Gasteiger partial charge in [-0.25, -0.2) is 4.79 Å². The molecular weight excluding hydrogens is 392 g/mol. The summed E-state index contributed by atoms with van der Waals surface area (Å²) >= 11 is 0. The number of hydrogen-bond donors (Lipinski definition) is 1. The van der Waals surface area contributed by atoms with Crippen LogP contribution in [-0.2, 0) is 11.3 Å². The van der Waals surface area contributed by atoms with Crippen molar-refractivity contribution in [1.82, 2.24) is 19.7 Å². The van der Waals surface area contributed by atoms with Crippen molar-refractivity contribution in [2.45, 2.75) is 6.54 Å². The van der Waals surface area contributed by atoms with Gasteiger partial charge in [0, 0.05) is 18.2 Å². The lowest BCUT2D eigenvalue weighted by Gasteiger charge is -2.06. The summed E-state index contributed by atoms with van der Waals surface area (Å²) in [5.41, 5.74) is 0.785. The van der Waals surface area contributed by atoms with Crippen LogP contribution in [0.3, 0.4) is 0 Å². The fourth-order valence-electron chi connectivity index (χ4n) is 3.27. The molecule has 152 valence electrons. The summed E-state index contributed by atoms with van der Waals surface area (Å²) in [6, 6.07) is 10.3. The minimum Gasteiger partial charge on any atom is -0.454 e. The number of aromatic amines is 1. The molecule has 1 aliphatic rings. The molecule has 0 radical (unpaired) electrons. The lowest BCUT2D eigenvalue weighted by atomic mass is 10.1. The fourth-order valence-corrected chi connectivity index (χ4v) is 3.27. The van der Waals surface area contributed by atoms with E-state index in [1.807, 2.05) is 6.07 Å². The van der Waals surface area contributed by atoms with Crippen LogP contribution >= 0.6 is 0 Å². The largest absolute Gasteiger partial charge is 0.454 e. The molecule has 0 fully saturated rings. The quantitative estimate of drug-likeness (QED) is 0.530. The van der Waals surface area contributed by atoms with Crippen molar-refractivity contribution in [2.24, 2.45) is 0 Å². The number of methoxy groups -OCH3 is 1. The zero-order valence-electron chi connectivity index (χ0n) is 15.9. The van der Waals surface area contributed by atoms with Gasteiger partial charge in [0.15, 0.2) is 11.5 Å².